The van der Waals surface area contributed by atoms with Gasteiger partial charge >= 0.3 is 0 Å². The number of hydrogen-bond acceptors (Lipinski definition) is 3. The van der Waals surface area contributed by atoms with Gasteiger partial charge < -0.3 is 5.73 Å². The van der Waals surface area contributed by atoms with Crippen molar-refractivity contribution >= 4 is 35.0 Å². The molecule has 14 heavy (non-hydrogen) atoms. The Morgan fingerprint density at radius 2 is 2.29 bits per heavy atom. The fraction of sp³-hybridized carbons (Fsp3) is 0.444. The van der Waals surface area contributed by atoms with Crippen LogP contribution in [0.3, 0.4) is 0 Å². The summed E-state index contributed by atoms with van der Waals surface area (Å²) in [5.74, 6) is 0.821. The van der Waals surface area contributed by atoms with Gasteiger partial charge in [-0.05, 0) is 11.6 Å². The molecular weight excluding hydrogens is 239 g/mol. The Kier molecular flexibility index (Phi) is 5.02. The number of hydrogen-bond donors (Lipinski definition) is 1. The number of aromatic nitrogens is 1. The molecule has 0 bridgehead atoms. The van der Waals surface area contributed by atoms with Crippen LogP contribution < -0.4 is 5.73 Å². The highest BCUT2D eigenvalue weighted by atomic mass is 35.5. The van der Waals surface area contributed by atoms with Crippen LogP contribution in [0.15, 0.2) is 12.3 Å². The van der Waals surface area contributed by atoms with Crippen molar-refractivity contribution in [3.05, 3.63) is 28.0 Å². The summed E-state index contributed by atoms with van der Waals surface area (Å²) < 4.78 is 0. The number of nitrogens with two attached hydrogens (primary N) is 1. The lowest BCUT2D eigenvalue weighted by molar-refractivity contribution is 0.950. The van der Waals surface area contributed by atoms with Crippen molar-refractivity contribution in [3.8, 4) is 0 Å². The molecular formula is C9H12Cl2N2S. The fourth-order valence-corrected chi connectivity index (χ4v) is 2.18. The third-order valence-electron chi connectivity index (χ3n) is 1.75. The molecule has 1 rings (SSSR count). The van der Waals surface area contributed by atoms with Gasteiger partial charge in [-0.25, -0.2) is 4.98 Å². The minimum absolute atomic E-state index is 0.427. The zero-order valence-corrected chi connectivity index (χ0v) is 10.2. The first-order chi connectivity index (χ1) is 6.63. The molecule has 0 amide bonds. The number of pyridine rings is 1. The van der Waals surface area contributed by atoms with Gasteiger partial charge in [0.1, 0.15) is 5.15 Å². The van der Waals surface area contributed by atoms with Crippen molar-refractivity contribution in [1.82, 2.24) is 4.98 Å². The van der Waals surface area contributed by atoms with Crippen LogP contribution in [0.2, 0.25) is 10.2 Å². The molecule has 1 heterocycles. The Hall–Kier alpha value is 0.0400. The van der Waals surface area contributed by atoms with Crippen molar-refractivity contribution in [2.45, 2.75) is 17.9 Å². The number of rotatable bonds is 4. The summed E-state index contributed by atoms with van der Waals surface area (Å²) >= 11 is 13.4. The summed E-state index contributed by atoms with van der Waals surface area (Å²) in [6, 6.07) is 1.66. The van der Waals surface area contributed by atoms with Gasteiger partial charge in [0, 0.05) is 28.8 Å². The predicted octanol–water partition coefficient (Wildman–Crippen LogP) is 2.97. The van der Waals surface area contributed by atoms with Gasteiger partial charge in [-0.15, -0.1) is 0 Å². The summed E-state index contributed by atoms with van der Waals surface area (Å²) in [7, 11) is 0. The zero-order valence-electron chi connectivity index (χ0n) is 7.84. The molecule has 78 valence electrons. The van der Waals surface area contributed by atoms with Crippen molar-refractivity contribution in [3.63, 3.8) is 0 Å². The standard InChI is InChI=1S/C9H12Cl2N2S/c1-6(3-12)14-5-7-4-13-9(11)2-8(7)10/h2,4,6H,3,5,12H2,1H3. The van der Waals surface area contributed by atoms with Crippen molar-refractivity contribution in [1.29, 1.82) is 0 Å². The zero-order chi connectivity index (χ0) is 10.6. The molecule has 0 aliphatic carbocycles. The number of nitrogens with zero attached hydrogens (tertiary/aromatic N) is 1. The topological polar surface area (TPSA) is 38.9 Å². The summed E-state index contributed by atoms with van der Waals surface area (Å²) in [4.78, 5) is 3.98. The van der Waals surface area contributed by atoms with Gasteiger partial charge in [0.2, 0.25) is 0 Å². The monoisotopic (exact) mass is 250 g/mol. The van der Waals surface area contributed by atoms with E-state index in [0.29, 0.717) is 22.0 Å². The first-order valence-corrected chi connectivity index (χ1v) is 6.05. The average molecular weight is 251 g/mol. The Bertz CT molecular complexity index is 307. The highest BCUT2D eigenvalue weighted by Crippen LogP contribution is 2.24. The molecule has 0 spiro atoms. The van der Waals surface area contributed by atoms with Gasteiger partial charge in [-0.2, -0.15) is 11.8 Å². The van der Waals surface area contributed by atoms with Crippen LogP contribution >= 0.6 is 35.0 Å². The van der Waals surface area contributed by atoms with E-state index in [0.717, 1.165) is 11.3 Å². The quantitative estimate of drug-likeness (QED) is 0.836. The molecule has 0 radical (unpaired) electrons. The SMILES string of the molecule is CC(CN)SCc1cnc(Cl)cc1Cl. The summed E-state index contributed by atoms with van der Waals surface area (Å²) in [5, 5.41) is 1.53. The molecule has 1 atom stereocenters. The maximum Gasteiger partial charge on any atom is 0.130 e. The fourth-order valence-electron chi connectivity index (χ4n) is 0.842. The highest BCUT2D eigenvalue weighted by molar-refractivity contribution is 7.99. The second-order valence-corrected chi connectivity index (χ2v) is 5.18. The molecule has 0 aliphatic rings. The lowest BCUT2D eigenvalue weighted by Gasteiger charge is -2.08. The van der Waals surface area contributed by atoms with Gasteiger partial charge in [0.15, 0.2) is 0 Å². The largest absolute Gasteiger partial charge is 0.329 e. The van der Waals surface area contributed by atoms with Crippen LogP contribution in [0.4, 0.5) is 0 Å². The van der Waals surface area contributed by atoms with Gasteiger partial charge in [0.05, 0.1) is 0 Å². The van der Waals surface area contributed by atoms with Crippen LogP contribution in [0.5, 0.6) is 0 Å². The van der Waals surface area contributed by atoms with Crippen LogP contribution in [0, 0.1) is 0 Å². The Morgan fingerprint density at radius 3 is 2.86 bits per heavy atom. The van der Waals surface area contributed by atoms with E-state index in [2.05, 4.69) is 11.9 Å². The van der Waals surface area contributed by atoms with E-state index in [1.54, 1.807) is 24.0 Å². The number of halogens is 2. The van der Waals surface area contributed by atoms with Crippen molar-refractivity contribution in [2.24, 2.45) is 5.73 Å². The second-order valence-electron chi connectivity index (χ2n) is 2.96. The average Bonchev–Trinajstić information content (AvgIpc) is 2.16. The molecule has 0 aliphatic heterocycles. The molecule has 0 saturated heterocycles. The molecule has 0 aromatic carbocycles. The normalized spacial score (nSPS) is 12.9. The second kappa shape index (κ2) is 5.81. The van der Waals surface area contributed by atoms with Crippen LogP contribution in [0.1, 0.15) is 12.5 Å². The molecule has 1 aromatic rings. The lowest BCUT2D eigenvalue weighted by Crippen LogP contribution is -2.12. The maximum absolute atomic E-state index is 5.99. The molecule has 0 fully saturated rings. The molecule has 2 N–H and O–H groups in total. The Labute approximate surface area is 98.2 Å². The molecule has 2 nitrogen and oxygen atoms in total. The summed E-state index contributed by atoms with van der Waals surface area (Å²) in [5.41, 5.74) is 6.51. The Morgan fingerprint density at radius 1 is 1.57 bits per heavy atom. The van der Waals surface area contributed by atoms with E-state index in [4.69, 9.17) is 28.9 Å². The summed E-state index contributed by atoms with van der Waals surface area (Å²) in [6.45, 7) is 2.76. The molecule has 5 heteroatoms. The van der Waals surface area contributed by atoms with E-state index < -0.39 is 0 Å². The van der Waals surface area contributed by atoms with E-state index in [1.165, 1.54) is 0 Å². The third kappa shape index (κ3) is 3.65. The smallest absolute Gasteiger partial charge is 0.130 e. The van der Waals surface area contributed by atoms with Crippen LogP contribution in [-0.4, -0.2) is 16.8 Å². The van der Waals surface area contributed by atoms with E-state index >= 15 is 0 Å². The van der Waals surface area contributed by atoms with Crippen LogP contribution in [-0.2, 0) is 5.75 Å². The number of thioether (sulfide) groups is 1. The van der Waals surface area contributed by atoms with Gasteiger partial charge in [0.25, 0.3) is 0 Å². The highest BCUT2D eigenvalue weighted by Gasteiger charge is 2.05. The van der Waals surface area contributed by atoms with Crippen molar-refractivity contribution in [2.75, 3.05) is 6.54 Å². The first-order valence-electron chi connectivity index (χ1n) is 4.25. The molecule has 0 saturated carbocycles. The first kappa shape index (κ1) is 12.1. The van der Waals surface area contributed by atoms with E-state index in [-0.39, 0.29) is 0 Å². The minimum atomic E-state index is 0.427. The lowest BCUT2D eigenvalue weighted by atomic mass is 10.3. The molecule has 1 unspecified atom stereocenters. The van der Waals surface area contributed by atoms with E-state index in [9.17, 15) is 0 Å². The van der Waals surface area contributed by atoms with E-state index in [1.807, 2.05) is 0 Å². The van der Waals surface area contributed by atoms with Crippen molar-refractivity contribution < 1.29 is 0 Å². The maximum atomic E-state index is 5.99. The minimum Gasteiger partial charge on any atom is -0.329 e. The molecule has 1 aromatic heterocycles. The summed E-state index contributed by atoms with van der Waals surface area (Å²) in [6.07, 6.45) is 1.71. The third-order valence-corrected chi connectivity index (χ3v) is 3.55. The van der Waals surface area contributed by atoms with Crippen LogP contribution in [0.25, 0.3) is 0 Å². The van der Waals surface area contributed by atoms with Gasteiger partial charge in [-0.1, -0.05) is 30.1 Å². The Balaban J connectivity index is 2.59. The van der Waals surface area contributed by atoms with Gasteiger partial charge in [-0.3, -0.25) is 0 Å². The predicted molar refractivity (Wildman–Crippen MR) is 64.1 cm³/mol.